The highest BCUT2D eigenvalue weighted by Crippen LogP contribution is 2.35. The maximum Gasteiger partial charge on any atom is 0.0981 e. The van der Waals surface area contributed by atoms with Crippen molar-refractivity contribution in [1.29, 1.82) is 0 Å². The van der Waals surface area contributed by atoms with E-state index < -0.39 is 6.10 Å². The number of thioether (sulfide) groups is 1. The zero-order chi connectivity index (χ0) is 12.3. The molecule has 1 N–H and O–H groups in total. The van der Waals surface area contributed by atoms with Crippen molar-refractivity contribution in [3.63, 3.8) is 0 Å². The van der Waals surface area contributed by atoms with E-state index in [1.165, 1.54) is 0 Å². The highest BCUT2D eigenvalue weighted by Gasteiger charge is 2.41. The lowest BCUT2D eigenvalue weighted by molar-refractivity contribution is -0.0654. The first kappa shape index (κ1) is 14.4. The third-order valence-electron chi connectivity index (χ3n) is 2.39. The first-order chi connectivity index (χ1) is 7.41. The van der Waals surface area contributed by atoms with Crippen LogP contribution in [0.25, 0.3) is 0 Å². The Labute approximate surface area is 104 Å². The Morgan fingerprint density at radius 1 is 1.25 bits per heavy atom. The molecule has 0 amide bonds. The minimum absolute atomic E-state index is 0.0899. The smallest absolute Gasteiger partial charge is 0.0981 e. The summed E-state index contributed by atoms with van der Waals surface area (Å²) in [7, 11) is 5.82. The molecule has 1 unspecified atom stereocenters. The number of hydrogen-bond donors (Lipinski definition) is 1. The molecule has 1 fully saturated rings. The normalized spacial score (nSPS) is 35.2. The van der Waals surface area contributed by atoms with E-state index in [4.69, 9.17) is 17.3 Å². The molecule has 4 atom stereocenters. The van der Waals surface area contributed by atoms with Crippen molar-refractivity contribution >= 4 is 19.6 Å². The van der Waals surface area contributed by atoms with Crippen molar-refractivity contribution in [2.45, 2.75) is 62.5 Å². The van der Waals surface area contributed by atoms with Gasteiger partial charge in [0.1, 0.15) is 0 Å². The second-order valence-corrected chi connectivity index (χ2v) is 6.08. The van der Waals surface area contributed by atoms with Gasteiger partial charge >= 0.3 is 0 Å². The van der Waals surface area contributed by atoms with Crippen LogP contribution >= 0.6 is 11.8 Å². The van der Waals surface area contributed by atoms with Crippen LogP contribution in [0.3, 0.4) is 0 Å². The van der Waals surface area contributed by atoms with Gasteiger partial charge in [0.25, 0.3) is 0 Å². The highest BCUT2D eigenvalue weighted by atomic mass is 32.2. The van der Waals surface area contributed by atoms with Crippen LogP contribution in [0.4, 0.5) is 0 Å². The number of aliphatic hydroxyl groups excluding tert-OH is 1. The predicted octanol–water partition coefficient (Wildman–Crippen LogP) is 1.18. The van der Waals surface area contributed by atoms with Gasteiger partial charge in [-0.2, -0.15) is 11.8 Å². The summed E-state index contributed by atoms with van der Waals surface area (Å²) in [5, 5.41) is 9.76. The zero-order valence-electron chi connectivity index (χ0n) is 10.4. The number of hydrogen-bond acceptors (Lipinski definition) is 4. The van der Waals surface area contributed by atoms with Gasteiger partial charge in [0.05, 0.1) is 44.1 Å². The Kier molecular flexibility index (Phi) is 5.64. The number of aliphatic hydroxyl groups is 1. The lowest BCUT2D eigenvalue weighted by Gasteiger charge is -2.24. The molecular formula is C11H21BO3S. The molecule has 1 aliphatic rings. The van der Waals surface area contributed by atoms with Crippen molar-refractivity contribution in [2.24, 2.45) is 0 Å². The average molecular weight is 244 g/mol. The van der Waals surface area contributed by atoms with Crippen LogP contribution in [0.5, 0.6) is 0 Å². The molecule has 0 saturated carbocycles. The first-order valence-electron chi connectivity index (χ1n) is 5.78. The second-order valence-electron chi connectivity index (χ2n) is 4.66. The van der Waals surface area contributed by atoms with E-state index in [1.54, 1.807) is 11.8 Å². The van der Waals surface area contributed by atoms with Gasteiger partial charge in [-0.3, -0.25) is 0 Å². The Bertz CT molecular complexity index is 213. The monoisotopic (exact) mass is 244 g/mol. The maximum absolute atomic E-state index is 9.92. The van der Waals surface area contributed by atoms with E-state index >= 15 is 0 Å². The molecule has 0 aromatic heterocycles. The van der Waals surface area contributed by atoms with Gasteiger partial charge in [-0.15, -0.1) is 0 Å². The first-order valence-corrected chi connectivity index (χ1v) is 6.72. The lowest BCUT2D eigenvalue weighted by Crippen LogP contribution is -2.39. The van der Waals surface area contributed by atoms with Crippen LogP contribution in [-0.2, 0) is 9.47 Å². The fourth-order valence-electron chi connectivity index (χ4n) is 1.67. The van der Waals surface area contributed by atoms with Gasteiger partial charge in [-0.05, 0) is 32.8 Å². The SMILES string of the molecule is [B][C@@H]1S[C@H](COC(C)C)C(OC(C)C)[C@@H]1O. The van der Waals surface area contributed by atoms with Crippen LogP contribution < -0.4 is 0 Å². The quantitative estimate of drug-likeness (QED) is 0.737. The highest BCUT2D eigenvalue weighted by molar-refractivity contribution is 8.02. The molecule has 2 radical (unpaired) electrons. The van der Waals surface area contributed by atoms with Crippen molar-refractivity contribution in [3.8, 4) is 0 Å². The maximum atomic E-state index is 9.92. The van der Waals surface area contributed by atoms with Crippen molar-refractivity contribution < 1.29 is 14.6 Å². The van der Waals surface area contributed by atoms with Crippen molar-refractivity contribution in [1.82, 2.24) is 0 Å². The van der Waals surface area contributed by atoms with E-state index in [9.17, 15) is 5.11 Å². The van der Waals surface area contributed by atoms with Crippen molar-refractivity contribution in [2.75, 3.05) is 6.61 Å². The van der Waals surface area contributed by atoms with E-state index in [2.05, 4.69) is 0 Å². The van der Waals surface area contributed by atoms with Crippen LogP contribution in [0.1, 0.15) is 27.7 Å². The fraction of sp³-hybridized carbons (Fsp3) is 1.00. The van der Waals surface area contributed by atoms with E-state index in [-0.39, 0.29) is 28.7 Å². The molecule has 1 heterocycles. The molecule has 0 aliphatic carbocycles. The van der Waals surface area contributed by atoms with Gasteiger partial charge in [-0.1, -0.05) is 0 Å². The minimum atomic E-state index is -0.604. The molecular weight excluding hydrogens is 223 g/mol. The van der Waals surface area contributed by atoms with Gasteiger partial charge in [0.2, 0.25) is 0 Å². The van der Waals surface area contributed by atoms with Crippen LogP contribution in [0.2, 0.25) is 0 Å². The third-order valence-corrected chi connectivity index (χ3v) is 3.74. The minimum Gasteiger partial charge on any atom is -0.390 e. The van der Waals surface area contributed by atoms with E-state index in [1.807, 2.05) is 27.7 Å². The van der Waals surface area contributed by atoms with Crippen LogP contribution in [-0.4, -0.2) is 54.4 Å². The predicted molar refractivity (Wildman–Crippen MR) is 68.0 cm³/mol. The lowest BCUT2D eigenvalue weighted by atomic mass is 9.94. The second kappa shape index (κ2) is 6.29. The van der Waals surface area contributed by atoms with Crippen LogP contribution in [0, 0.1) is 0 Å². The Balaban J connectivity index is 2.52. The molecule has 16 heavy (non-hydrogen) atoms. The molecule has 1 saturated heterocycles. The molecule has 0 aromatic carbocycles. The largest absolute Gasteiger partial charge is 0.390 e. The third kappa shape index (κ3) is 3.95. The van der Waals surface area contributed by atoms with E-state index in [0.29, 0.717) is 6.61 Å². The average Bonchev–Trinajstić information content (AvgIpc) is 2.42. The summed E-state index contributed by atoms with van der Waals surface area (Å²) in [5.74, 6) is 0. The molecule has 5 heteroatoms. The summed E-state index contributed by atoms with van der Waals surface area (Å²) in [6.07, 6.45) is -0.548. The Morgan fingerprint density at radius 2 is 1.88 bits per heavy atom. The number of rotatable bonds is 5. The van der Waals surface area contributed by atoms with E-state index in [0.717, 1.165) is 0 Å². The summed E-state index contributed by atoms with van der Waals surface area (Å²) in [4.78, 5) is 0. The molecule has 0 spiro atoms. The number of ether oxygens (including phenoxy) is 2. The Morgan fingerprint density at radius 3 is 2.38 bits per heavy atom. The summed E-state index contributed by atoms with van der Waals surface area (Å²) in [6, 6.07) is 0. The standard InChI is InChI=1S/C11H21BO3S/c1-6(2)14-5-8-10(15-7(3)4)9(13)11(12)16-8/h6-11,13H,5H2,1-4H3/t8-,9+,10?,11-/m1/s1. The molecule has 1 aliphatic heterocycles. The van der Waals surface area contributed by atoms with Gasteiger partial charge in [0.15, 0.2) is 0 Å². The van der Waals surface area contributed by atoms with Gasteiger partial charge < -0.3 is 14.6 Å². The summed E-state index contributed by atoms with van der Waals surface area (Å²) >= 11 is 1.54. The van der Waals surface area contributed by atoms with Crippen molar-refractivity contribution in [3.05, 3.63) is 0 Å². The van der Waals surface area contributed by atoms with Gasteiger partial charge in [-0.25, -0.2) is 0 Å². The van der Waals surface area contributed by atoms with Crippen LogP contribution in [0.15, 0.2) is 0 Å². The molecule has 3 nitrogen and oxygen atoms in total. The summed E-state index contributed by atoms with van der Waals surface area (Å²) in [5.41, 5.74) is 0. The van der Waals surface area contributed by atoms with Gasteiger partial charge in [0, 0.05) is 0 Å². The summed E-state index contributed by atoms with van der Waals surface area (Å²) in [6.45, 7) is 8.48. The fourth-order valence-corrected chi connectivity index (χ4v) is 2.93. The molecule has 0 bridgehead atoms. The zero-order valence-corrected chi connectivity index (χ0v) is 11.2. The molecule has 0 aromatic rings. The Hall–Kier alpha value is 0.295. The summed E-state index contributed by atoms with van der Waals surface area (Å²) < 4.78 is 11.3. The topological polar surface area (TPSA) is 38.7 Å². The molecule has 92 valence electrons. The molecule has 1 rings (SSSR count).